The van der Waals surface area contributed by atoms with Gasteiger partial charge in [-0.3, -0.25) is 0 Å². The first kappa shape index (κ1) is 14.3. The van der Waals surface area contributed by atoms with Gasteiger partial charge in [0.2, 0.25) is 0 Å². The SMILES string of the molecule is CN1CCC(CCNCC2CCC(C)(C)O2)CC1. The number of hydrogen-bond donors (Lipinski definition) is 1. The summed E-state index contributed by atoms with van der Waals surface area (Å²) in [6.07, 6.45) is 6.96. The molecule has 1 unspecified atom stereocenters. The van der Waals surface area contributed by atoms with Crippen LogP contribution in [0, 0.1) is 5.92 Å². The van der Waals surface area contributed by atoms with E-state index in [0.717, 1.165) is 19.0 Å². The Morgan fingerprint density at radius 2 is 1.94 bits per heavy atom. The number of nitrogens with one attached hydrogen (secondary N) is 1. The number of nitrogens with zero attached hydrogens (tertiary/aromatic N) is 1. The zero-order valence-corrected chi connectivity index (χ0v) is 12.4. The molecule has 2 saturated heterocycles. The van der Waals surface area contributed by atoms with Crippen LogP contribution >= 0.6 is 0 Å². The smallest absolute Gasteiger partial charge is 0.0707 e. The number of likely N-dealkylation sites (tertiary alicyclic amines) is 1. The summed E-state index contributed by atoms with van der Waals surface area (Å²) in [5.74, 6) is 0.939. The van der Waals surface area contributed by atoms with E-state index in [1.54, 1.807) is 0 Å². The van der Waals surface area contributed by atoms with Crippen LogP contribution < -0.4 is 5.32 Å². The lowest BCUT2D eigenvalue weighted by Gasteiger charge is -2.29. The molecule has 0 aromatic rings. The van der Waals surface area contributed by atoms with Crippen molar-refractivity contribution in [1.82, 2.24) is 10.2 Å². The zero-order chi connectivity index (χ0) is 13.0. The van der Waals surface area contributed by atoms with Crippen molar-refractivity contribution < 1.29 is 4.74 Å². The summed E-state index contributed by atoms with van der Waals surface area (Å²) in [6.45, 7) is 9.16. The van der Waals surface area contributed by atoms with Gasteiger partial charge in [0.1, 0.15) is 0 Å². The van der Waals surface area contributed by atoms with Gasteiger partial charge in [-0.25, -0.2) is 0 Å². The fourth-order valence-electron chi connectivity index (χ4n) is 3.14. The lowest BCUT2D eigenvalue weighted by molar-refractivity contribution is -0.0142. The van der Waals surface area contributed by atoms with Crippen molar-refractivity contribution in [1.29, 1.82) is 0 Å². The molecule has 2 heterocycles. The van der Waals surface area contributed by atoms with Crippen LogP contribution in [0.5, 0.6) is 0 Å². The van der Waals surface area contributed by atoms with Gasteiger partial charge in [0.25, 0.3) is 0 Å². The van der Waals surface area contributed by atoms with Gasteiger partial charge >= 0.3 is 0 Å². The molecule has 2 aliphatic heterocycles. The van der Waals surface area contributed by atoms with Gasteiger partial charge in [-0.15, -0.1) is 0 Å². The fourth-order valence-corrected chi connectivity index (χ4v) is 3.14. The predicted molar refractivity (Wildman–Crippen MR) is 75.9 cm³/mol. The first-order chi connectivity index (χ1) is 8.55. The second kappa shape index (κ2) is 6.36. The van der Waals surface area contributed by atoms with Crippen LogP contribution in [-0.4, -0.2) is 49.8 Å². The Kier molecular flexibility index (Phi) is 5.05. The second-order valence-corrected chi connectivity index (χ2v) is 6.78. The molecular formula is C15H30N2O. The summed E-state index contributed by atoms with van der Waals surface area (Å²) >= 11 is 0. The molecule has 1 N–H and O–H groups in total. The van der Waals surface area contributed by atoms with Gasteiger partial charge in [0.05, 0.1) is 11.7 Å². The molecule has 1 atom stereocenters. The molecule has 0 saturated carbocycles. The molecular weight excluding hydrogens is 224 g/mol. The minimum atomic E-state index is 0.111. The molecule has 0 spiro atoms. The highest BCUT2D eigenvalue weighted by Gasteiger charge is 2.31. The summed E-state index contributed by atoms with van der Waals surface area (Å²) < 4.78 is 5.99. The Morgan fingerprint density at radius 3 is 2.56 bits per heavy atom. The molecule has 3 heteroatoms. The Labute approximate surface area is 112 Å². The van der Waals surface area contributed by atoms with Crippen molar-refractivity contribution in [3.8, 4) is 0 Å². The average Bonchev–Trinajstić information content (AvgIpc) is 2.67. The van der Waals surface area contributed by atoms with Gasteiger partial charge < -0.3 is 15.0 Å². The molecule has 2 rings (SSSR count). The van der Waals surface area contributed by atoms with Crippen molar-refractivity contribution in [2.75, 3.05) is 33.2 Å². The molecule has 3 nitrogen and oxygen atoms in total. The molecule has 2 aliphatic rings. The van der Waals surface area contributed by atoms with Crippen molar-refractivity contribution in [3.63, 3.8) is 0 Å². The highest BCUT2D eigenvalue weighted by atomic mass is 16.5. The van der Waals surface area contributed by atoms with E-state index in [9.17, 15) is 0 Å². The van der Waals surface area contributed by atoms with Crippen LogP contribution in [0.15, 0.2) is 0 Å². The summed E-state index contributed by atoms with van der Waals surface area (Å²) in [7, 11) is 2.23. The molecule has 0 aliphatic carbocycles. The van der Waals surface area contributed by atoms with Crippen molar-refractivity contribution in [2.45, 2.75) is 57.7 Å². The van der Waals surface area contributed by atoms with E-state index in [4.69, 9.17) is 4.74 Å². The Morgan fingerprint density at radius 1 is 1.22 bits per heavy atom. The van der Waals surface area contributed by atoms with Crippen LogP contribution in [0.4, 0.5) is 0 Å². The standard InChI is InChI=1S/C15H30N2O/c1-15(2)8-4-14(18-15)12-16-9-5-13-6-10-17(3)11-7-13/h13-14,16H,4-12H2,1-3H3. The summed E-state index contributed by atoms with van der Waals surface area (Å²) in [5, 5.41) is 3.59. The maximum atomic E-state index is 5.99. The van der Waals surface area contributed by atoms with E-state index in [-0.39, 0.29) is 5.60 Å². The highest BCUT2D eigenvalue weighted by Crippen LogP contribution is 2.28. The molecule has 0 radical (unpaired) electrons. The first-order valence-corrected chi connectivity index (χ1v) is 7.62. The molecule has 18 heavy (non-hydrogen) atoms. The monoisotopic (exact) mass is 254 g/mol. The van der Waals surface area contributed by atoms with Gasteiger partial charge in [-0.05, 0) is 78.6 Å². The summed E-state index contributed by atoms with van der Waals surface area (Å²) in [5.41, 5.74) is 0.111. The van der Waals surface area contributed by atoms with E-state index in [1.807, 2.05) is 0 Å². The molecule has 0 amide bonds. The number of hydrogen-bond acceptors (Lipinski definition) is 3. The van der Waals surface area contributed by atoms with Gasteiger partial charge in [-0.1, -0.05) is 0 Å². The normalized spacial score (nSPS) is 29.8. The van der Waals surface area contributed by atoms with Crippen molar-refractivity contribution >= 4 is 0 Å². The van der Waals surface area contributed by atoms with Gasteiger partial charge in [0, 0.05) is 6.54 Å². The topological polar surface area (TPSA) is 24.5 Å². The average molecular weight is 254 g/mol. The maximum Gasteiger partial charge on any atom is 0.0707 e. The van der Waals surface area contributed by atoms with Gasteiger partial charge in [-0.2, -0.15) is 0 Å². The Hall–Kier alpha value is -0.120. The Balaban J connectivity index is 1.51. The lowest BCUT2D eigenvalue weighted by Crippen LogP contribution is -2.33. The second-order valence-electron chi connectivity index (χ2n) is 6.78. The predicted octanol–water partition coefficient (Wildman–Crippen LogP) is 2.27. The van der Waals surface area contributed by atoms with E-state index in [1.165, 1.54) is 45.2 Å². The largest absolute Gasteiger partial charge is 0.371 e. The van der Waals surface area contributed by atoms with Crippen LogP contribution in [-0.2, 0) is 4.74 Å². The van der Waals surface area contributed by atoms with Crippen LogP contribution in [0.1, 0.15) is 46.0 Å². The third-order valence-electron chi connectivity index (χ3n) is 4.49. The fraction of sp³-hybridized carbons (Fsp3) is 1.00. The number of rotatable bonds is 5. The maximum absolute atomic E-state index is 5.99. The van der Waals surface area contributed by atoms with E-state index >= 15 is 0 Å². The highest BCUT2D eigenvalue weighted by molar-refractivity contribution is 4.82. The summed E-state index contributed by atoms with van der Waals surface area (Å²) in [4.78, 5) is 2.44. The molecule has 0 aromatic carbocycles. The van der Waals surface area contributed by atoms with Crippen molar-refractivity contribution in [2.24, 2.45) is 5.92 Å². The number of ether oxygens (including phenoxy) is 1. The van der Waals surface area contributed by atoms with Crippen molar-refractivity contribution in [3.05, 3.63) is 0 Å². The Bertz CT molecular complexity index is 247. The lowest BCUT2D eigenvalue weighted by atomic mass is 9.94. The first-order valence-electron chi connectivity index (χ1n) is 7.62. The zero-order valence-electron chi connectivity index (χ0n) is 12.4. The van der Waals surface area contributed by atoms with Crippen LogP contribution in [0.25, 0.3) is 0 Å². The minimum Gasteiger partial charge on any atom is -0.371 e. The van der Waals surface area contributed by atoms with E-state index in [0.29, 0.717) is 6.10 Å². The van der Waals surface area contributed by atoms with Crippen LogP contribution in [0.3, 0.4) is 0 Å². The summed E-state index contributed by atoms with van der Waals surface area (Å²) in [6, 6.07) is 0. The molecule has 106 valence electrons. The third-order valence-corrected chi connectivity index (χ3v) is 4.49. The molecule has 0 bridgehead atoms. The van der Waals surface area contributed by atoms with E-state index in [2.05, 4.69) is 31.1 Å². The quantitative estimate of drug-likeness (QED) is 0.762. The number of piperidine rings is 1. The van der Waals surface area contributed by atoms with Crippen LogP contribution in [0.2, 0.25) is 0 Å². The molecule has 0 aromatic heterocycles. The molecule has 2 fully saturated rings. The van der Waals surface area contributed by atoms with Gasteiger partial charge in [0.15, 0.2) is 0 Å². The van der Waals surface area contributed by atoms with E-state index < -0.39 is 0 Å². The third kappa shape index (κ3) is 4.52. The minimum absolute atomic E-state index is 0.111.